The van der Waals surface area contributed by atoms with Crippen LogP contribution in [0.2, 0.25) is 0 Å². The third-order valence-corrected chi connectivity index (χ3v) is 6.46. The summed E-state index contributed by atoms with van der Waals surface area (Å²) in [7, 11) is 0. The highest BCUT2D eigenvalue weighted by Crippen LogP contribution is 2.61. The topological polar surface area (TPSA) is 46.5 Å². The number of aliphatic hydroxyl groups is 1. The molecule has 0 unspecified atom stereocenters. The van der Waals surface area contributed by atoms with E-state index in [0.717, 1.165) is 6.42 Å². The van der Waals surface area contributed by atoms with Gasteiger partial charge in [-0.1, -0.05) is 51.5 Å². The number of esters is 1. The van der Waals surface area contributed by atoms with Crippen LogP contribution in [0, 0.1) is 22.7 Å². The maximum absolute atomic E-state index is 11.2. The van der Waals surface area contributed by atoms with E-state index in [0.29, 0.717) is 22.8 Å². The second-order valence-corrected chi connectivity index (χ2v) is 8.37. The van der Waals surface area contributed by atoms with Gasteiger partial charge in [0, 0.05) is 17.6 Å². The minimum absolute atomic E-state index is 0.211. The third kappa shape index (κ3) is 2.80. The standard InChI is InChI=1S/C20H28O3/c1-13-6-9-16-19(2,3)10-5-11-20(16,4)15(13)8-7-14-12-17(21)23-18(14)22/h7-8,12,15-16,18,22H,1,5-6,9-11H2,2-4H3/b8-7+/t15-,16-,18-,20+/m0/s1. The molecule has 0 aromatic rings. The first kappa shape index (κ1) is 16.5. The lowest BCUT2D eigenvalue weighted by Gasteiger charge is -2.57. The molecule has 126 valence electrons. The number of carbonyl (C=O) groups excluding carboxylic acids is 1. The maximum Gasteiger partial charge on any atom is 0.333 e. The van der Waals surface area contributed by atoms with Crippen molar-refractivity contribution in [3.05, 3.63) is 36.0 Å². The van der Waals surface area contributed by atoms with Crippen LogP contribution in [-0.4, -0.2) is 17.4 Å². The summed E-state index contributed by atoms with van der Waals surface area (Å²) < 4.78 is 4.76. The molecule has 0 aromatic carbocycles. The molecule has 1 N–H and O–H groups in total. The Morgan fingerprint density at radius 1 is 1.35 bits per heavy atom. The Balaban J connectivity index is 1.89. The third-order valence-electron chi connectivity index (χ3n) is 6.46. The quantitative estimate of drug-likeness (QED) is 0.615. The van der Waals surface area contributed by atoms with Gasteiger partial charge in [0.05, 0.1) is 0 Å². The van der Waals surface area contributed by atoms with Gasteiger partial charge in [-0.05, 0) is 42.4 Å². The molecule has 3 heteroatoms. The van der Waals surface area contributed by atoms with E-state index in [4.69, 9.17) is 4.74 Å². The summed E-state index contributed by atoms with van der Waals surface area (Å²) in [6.07, 6.45) is 10.3. The largest absolute Gasteiger partial charge is 0.428 e. The average molecular weight is 316 g/mol. The number of aliphatic hydroxyl groups excluding tert-OH is 1. The normalized spacial score (nSPS) is 40.0. The number of fused-ring (bicyclic) bond motifs is 1. The van der Waals surface area contributed by atoms with Crippen molar-refractivity contribution in [1.82, 2.24) is 0 Å². The first-order valence-corrected chi connectivity index (χ1v) is 8.70. The Labute approximate surface area is 139 Å². The molecule has 3 aliphatic rings. The van der Waals surface area contributed by atoms with Gasteiger partial charge in [0.1, 0.15) is 0 Å². The maximum atomic E-state index is 11.2. The fraction of sp³-hybridized carbons (Fsp3) is 0.650. The molecule has 2 saturated carbocycles. The van der Waals surface area contributed by atoms with Crippen LogP contribution in [0.1, 0.15) is 52.9 Å². The average Bonchev–Trinajstić information content (AvgIpc) is 2.75. The second kappa shape index (κ2) is 5.62. The molecule has 2 fully saturated rings. The van der Waals surface area contributed by atoms with Crippen molar-refractivity contribution in [3.8, 4) is 0 Å². The number of allylic oxidation sites excluding steroid dienone is 2. The molecule has 0 amide bonds. The number of hydrogen-bond acceptors (Lipinski definition) is 3. The van der Waals surface area contributed by atoms with Gasteiger partial charge in [0.15, 0.2) is 0 Å². The van der Waals surface area contributed by atoms with Crippen molar-refractivity contribution >= 4 is 5.97 Å². The van der Waals surface area contributed by atoms with Gasteiger partial charge in [-0.15, -0.1) is 0 Å². The lowest BCUT2D eigenvalue weighted by atomic mass is 9.47. The Kier molecular flexibility index (Phi) is 4.04. The van der Waals surface area contributed by atoms with Gasteiger partial charge >= 0.3 is 5.97 Å². The van der Waals surface area contributed by atoms with Crippen LogP contribution < -0.4 is 0 Å². The first-order chi connectivity index (χ1) is 10.7. The van der Waals surface area contributed by atoms with Crippen LogP contribution in [0.4, 0.5) is 0 Å². The number of hydrogen-bond donors (Lipinski definition) is 1. The van der Waals surface area contributed by atoms with E-state index >= 15 is 0 Å². The summed E-state index contributed by atoms with van der Waals surface area (Å²) in [5.41, 5.74) is 2.40. The Bertz CT molecular complexity index is 584. The molecule has 3 nitrogen and oxygen atoms in total. The van der Waals surface area contributed by atoms with Crippen LogP contribution in [0.25, 0.3) is 0 Å². The van der Waals surface area contributed by atoms with Crippen molar-refractivity contribution in [2.45, 2.75) is 59.2 Å². The summed E-state index contributed by atoms with van der Waals surface area (Å²) in [5.74, 6) is 0.511. The summed E-state index contributed by atoms with van der Waals surface area (Å²) in [4.78, 5) is 11.2. The van der Waals surface area contributed by atoms with Crippen molar-refractivity contribution < 1.29 is 14.6 Å². The molecule has 0 spiro atoms. The summed E-state index contributed by atoms with van der Waals surface area (Å²) in [6, 6.07) is 0. The van der Waals surface area contributed by atoms with Crippen LogP contribution in [0.3, 0.4) is 0 Å². The fourth-order valence-corrected chi connectivity index (χ4v) is 5.32. The minimum atomic E-state index is -1.12. The summed E-state index contributed by atoms with van der Waals surface area (Å²) in [6.45, 7) is 11.5. The molecule has 3 rings (SSSR count). The molecule has 2 aliphatic carbocycles. The molecule has 0 aromatic heterocycles. The zero-order valence-corrected chi connectivity index (χ0v) is 14.5. The van der Waals surface area contributed by atoms with Crippen molar-refractivity contribution in [2.24, 2.45) is 22.7 Å². The van der Waals surface area contributed by atoms with Crippen LogP contribution in [-0.2, 0) is 9.53 Å². The van der Waals surface area contributed by atoms with Crippen molar-refractivity contribution in [3.63, 3.8) is 0 Å². The number of rotatable bonds is 2. The molecule has 23 heavy (non-hydrogen) atoms. The van der Waals surface area contributed by atoms with Crippen molar-refractivity contribution in [1.29, 1.82) is 0 Å². The van der Waals surface area contributed by atoms with Gasteiger partial charge in [0.2, 0.25) is 6.29 Å². The van der Waals surface area contributed by atoms with Gasteiger partial charge in [-0.25, -0.2) is 4.79 Å². The predicted octanol–water partition coefficient (Wildman–Crippen LogP) is 4.14. The van der Waals surface area contributed by atoms with E-state index in [1.165, 1.54) is 37.3 Å². The molecule has 0 radical (unpaired) electrons. The monoisotopic (exact) mass is 316 g/mol. The van der Waals surface area contributed by atoms with Crippen LogP contribution in [0.5, 0.6) is 0 Å². The first-order valence-electron chi connectivity index (χ1n) is 8.70. The van der Waals surface area contributed by atoms with E-state index in [1.54, 1.807) is 0 Å². The SMILES string of the molecule is C=C1CC[C@H]2C(C)(C)CCC[C@]2(C)[C@H]1/C=C/C1=CC(=O)O[C@@H]1O. The molecule has 4 atom stereocenters. The predicted molar refractivity (Wildman–Crippen MR) is 90.4 cm³/mol. The molecule has 0 bridgehead atoms. The molecular weight excluding hydrogens is 288 g/mol. The Morgan fingerprint density at radius 3 is 2.74 bits per heavy atom. The zero-order chi connectivity index (χ0) is 16.8. The van der Waals surface area contributed by atoms with E-state index in [9.17, 15) is 9.90 Å². The number of carbonyl (C=O) groups is 1. The van der Waals surface area contributed by atoms with E-state index in [1.807, 2.05) is 6.08 Å². The highest BCUT2D eigenvalue weighted by atomic mass is 16.6. The number of ether oxygens (including phenoxy) is 1. The molecule has 0 saturated heterocycles. The smallest absolute Gasteiger partial charge is 0.333 e. The number of cyclic esters (lactones) is 1. The van der Waals surface area contributed by atoms with Gasteiger partial charge in [0.25, 0.3) is 0 Å². The van der Waals surface area contributed by atoms with Crippen LogP contribution >= 0.6 is 0 Å². The molecular formula is C20H28O3. The summed E-state index contributed by atoms with van der Waals surface area (Å²) in [5, 5.41) is 9.75. The lowest BCUT2D eigenvalue weighted by Crippen LogP contribution is -2.48. The van der Waals surface area contributed by atoms with E-state index < -0.39 is 12.3 Å². The highest BCUT2D eigenvalue weighted by Gasteiger charge is 2.52. The van der Waals surface area contributed by atoms with Gasteiger partial charge < -0.3 is 9.84 Å². The summed E-state index contributed by atoms with van der Waals surface area (Å²) >= 11 is 0. The lowest BCUT2D eigenvalue weighted by molar-refractivity contribution is -0.150. The molecule has 1 aliphatic heterocycles. The van der Waals surface area contributed by atoms with E-state index in [-0.39, 0.29) is 5.41 Å². The molecule has 1 heterocycles. The van der Waals surface area contributed by atoms with Crippen LogP contribution in [0.15, 0.2) is 36.0 Å². The fourth-order valence-electron chi connectivity index (χ4n) is 5.32. The van der Waals surface area contributed by atoms with Crippen molar-refractivity contribution in [2.75, 3.05) is 0 Å². The van der Waals surface area contributed by atoms with E-state index in [2.05, 4.69) is 33.4 Å². The highest BCUT2D eigenvalue weighted by molar-refractivity contribution is 5.86. The zero-order valence-electron chi connectivity index (χ0n) is 14.5. The second-order valence-electron chi connectivity index (χ2n) is 8.37. The van der Waals surface area contributed by atoms with Gasteiger partial charge in [-0.3, -0.25) is 0 Å². The van der Waals surface area contributed by atoms with Gasteiger partial charge in [-0.2, -0.15) is 0 Å². The minimum Gasteiger partial charge on any atom is -0.428 e. The Morgan fingerprint density at radius 2 is 2.09 bits per heavy atom. The Hall–Kier alpha value is -1.35.